The van der Waals surface area contributed by atoms with Gasteiger partial charge in [-0.1, -0.05) is 36.4 Å². The van der Waals surface area contributed by atoms with Gasteiger partial charge in [-0.2, -0.15) is 0 Å². The highest BCUT2D eigenvalue weighted by atomic mass is 16.3. The number of amides is 1. The number of nitrogens with one attached hydrogen (secondary N) is 1. The molecule has 0 spiro atoms. The summed E-state index contributed by atoms with van der Waals surface area (Å²) in [5.74, 6) is -0.296. The Balaban J connectivity index is 2.43. The molecule has 0 heterocycles. The van der Waals surface area contributed by atoms with Gasteiger partial charge < -0.3 is 15.5 Å². The Labute approximate surface area is 122 Å². The molecule has 0 aromatic heterocycles. The fraction of sp³-hybridized carbons (Fsp3) is 0.250. The van der Waals surface area contributed by atoms with Gasteiger partial charge in [-0.15, -0.1) is 0 Å². The van der Waals surface area contributed by atoms with Crippen molar-refractivity contribution in [1.29, 1.82) is 0 Å². The number of rotatable bonds is 5. The molecule has 2 rings (SSSR count). The van der Waals surface area contributed by atoms with Gasteiger partial charge in [0.2, 0.25) is 5.91 Å². The number of aliphatic hydroxyl groups is 2. The van der Waals surface area contributed by atoms with Gasteiger partial charge in [0.1, 0.15) is 18.5 Å². The molecular weight excluding hydrogens is 270 g/mol. The van der Waals surface area contributed by atoms with Crippen LogP contribution in [0.4, 0.5) is 0 Å². The first-order valence-corrected chi connectivity index (χ1v) is 6.62. The van der Waals surface area contributed by atoms with Crippen LogP contribution in [0.2, 0.25) is 0 Å². The van der Waals surface area contributed by atoms with Crippen molar-refractivity contribution >= 4 is 23.0 Å². The summed E-state index contributed by atoms with van der Waals surface area (Å²) in [7, 11) is 0. The summed E-state index contributed by atoms with van der Waals surface area (Å²) in [6, 6.07) is 10.7. The van der Waals surface area contributed by atoms with Crippen molar-refractivity contribution in [3.63, 3.8) is 0 Å². The molecule has 2 unspecified atom stereocenters. The number of carbonyl (C=O) groups is 2. The van der Waals surface area contributed by atoms with Crippen LogP contribution >= 0.6 is 0 Å². The lowest BCUT2D eigenvalue weighted by Crippen LogP contribution is -2.34. The van der Waals surface area contributed by atoms with Gasteiger partial charge in [-0.05, 0) is 10.8 Å². The van der Waals surface area contributed by atoms with Crippen LogP contribution in [0.5, 0.6) is 0 Å². The Hall–Kier alpha value is -2.24. The minimum atomic E-state index is -1.26. The van der Waals surface area contributed by atoms with Crippen LogP contribution in [0.3, 0.4) is 0 Å². The van der Waals surface area contributed by atoms with Gasteiger partial charge in [0.25, 0.3) is 0 Å². The molecule has 0 aliphatic heterocycles. The van der Waals surface area contributed by atoms with Gasteiger partial charge in [-0.25, -0.2) is 0 Å². The van der Waals surface area contributed by atoms with E-state index in [0.717, 1.165) is 5.39 Å². The molecule has 21 heavy (non-hydrogen) atoms. The molecule has 2 atom stereocenters. The van der Waals surface area contributed by atoms with Crippen LogP contribution in [0.1, 0.15) is 28.9 Å². The molecule has 110 valence electrons. The largest absolute Gasteiger partial charge is 0.388 e. The third-order valence-corrected chi connectivity index (χ3v) is 3.35. The SMILES string of the molecule is CC(=O)NCC(O)C(O)c1c(C=O)ccc2ccccc12. The van der Waals surface area contributed by atoms with Crippen molar-refractivity contribution in [3.05, 3.63) is 47.5 Å². The average molecular weight is 287 g/mol. The average Bonchev–Trinajstić information content (AvgIpc) is 2.50. The number of hydrogen-bond acceptors (Lipinski definition) is 4. The van der Waals surface area contributed by atoms with Crippen LogP contribution in [-0.2, 0) is 4.79 Å². The zero-order valence-electron chi connectivity index (χ0n) is 11.6. The number of hydrogen-bond donors (Lipinski definition) is 3. The van der Waals surface area contributed by atoms with Crippen molar-refractivity contribution in [2.24, 2.45) is 0 Å². The molecule has 1 amide bonds. The highest BCUT2D eigenvalue weighted by Gasteiger charge is 2.23. The van der Waals surface area contributed by atoms with Crippen molar-refractivity contribution in [3.8, 4) is 0 Å². The molecule has 0 saturated heterocycles. The van der Waals surface area contributed by atoms with Gasteiger partial charge in [-0.3, -0.25) is 9.59 Å². The number of fused-ring (bicyclic) bond motifs is 1. The van der Waals surface area contributed by atoms with Gasteiger partial charge >= 0.3 is 0 Å². The van der Waals surface area contributed by atoms with Crippen LogP contribution < -0.4 is 5.32 Å². The molecule has 0 radical (unpaired) electrons. The normalized spacial score (nSPS) is 13.7. The smallest absolute Gasteiger partial charge is 0.216 e. The van der Waals surface area contributed by atoms with Crippen LogP contribution in [0.25, 0.3) is 10.8 Å². The fourth-order valence-corrected chi connectivity index (χ4v) is 2.30. The summed E-state index contributed by atoms with van der Waals surface area (Å²) in [4.78, 5) is 22.1. The number of aldehydes is 1. The van der Waals surface area contributed by atoms with Crippen molar-refractivity contribution < 1.29 is 19.8 Å². The lowest BCUT2D eigenvalue weighted by atomic mass is 9.93. The second-order valence-corrected chi connectivity index (χ2v) is 4.86. The Morgan fingerprint density at radius 1 is 1.24 bits per heavy atom. The molecule has 0 fully saturated rings. The van der Waals surface area contributed by atoms with Crippen LogP contribution in [-0.4, -0.2) is 35.1 Å². The van der Waals surface area contributed by atoms with E-state index in [-0.39, 0.29) is 12.5 Å². The highest BCUT2D eigenvalue weighted by molar-refractivity contribution is 5.93. The molecular formula is C16H17NO4. The molecule has 3 N–H and O–H groups in total. The van der Waals surface area contributed by atoms with E-state index in [1.165, 1.54) is 6.92 Å². The zero-order valence-corrected chi connectivity index (χ0v) is 11.6. The van der Waals surface area contributed by atoms with Crippen molar-refractivity contribution in [2.45, 2.75) is 19.1 Å². The first-order valence-electron chi connectivity index (χ1n) is 6.62. The third kappa shape index (κ3) is 3.26. The molecule has 0 saturated carbocycles. The number of aliphatic hydroxyl groups excluding tert-OH is 2. The fourth-order valence-electron chi connectivity index (χ4n) is 2.30. The van der Waals surface area contributed by atoms with Crippen molar-refractivity contribution in [1.82, 2.24) is 5.32 Å². The second kappa shape index (κ2) is 6.47. The summed E-state index contributed by atoms with van der Waals surface area (Å²) >= 11 is 0. The molecule has 0 aliphatic carbocycles. The Bertz CT molecular complexity index is 668. The Kier molecular flexibility index (Phi) is 4.67. The minimum Gasteiger partial charge on any atom is -0.388 e. The highest BCUT2D eigenvalue weighted by Crippen LogP contribution is 2.29. The lowest BCUT2D eigenvalue weighted by Gasteiger charge is -2.21. The number of benzene rings is 2. The maximum atomic E-state index is 11.2. The summed E-state index contributed by atoms with van der Waals surface area (Å²) in [6.45, 7) is 1.24. The van der Waals surface area contributed by atoms with Crippen LogP contribution in [0, 0.1) is 0 Å². The Morgan fingerprint density at radius 2 is 1.95 bits per heavy atom. The van der Waals surface area contributed by atoms with E-state index in [1.807, 2.05) is 12.1 Å². The Morgan fingerprint density at radius 3 is 2.62 bits per heavy atom. The molecule has 2 aromatic rings. The number of carbonyl (C=O) groups excluding carboxylic acids is 2. The van der Waals surface area contributed by atoms with E-state index in [2.05, 4.69) is 5.32 Å². The second-order valence-electron chi connectivity index (χ2n) is 4.86. The topological polar surface area (TPSA) is 86.6 Å². The van der Waals surface area contributed by atoms with E-state index < -0.39 is 12.2 Å². The monoisotopic (exact) mass is 287 g/mol. The van der Waals surface area contributed by atoms with Crippen LogP contribution in [0.15, 0.2) is 36.4 Å². The third-order valence-electron chi connectivity index (χ3n) is 3.35. The van der Waals surface area contributed by atoms with E-state index >= 15 is 0 Å². The van der Waals surface area contributed by atoms with E-state index in [4.69, 9.17) is 0 Å². The predicted octanol–water partition coefficient (Wildman–Crippen LogP) is 1.18. The molecule has 5 heteroatoms. The van der Waals surface area contributed by atoms with Crippen molar-refractivity contribution in [2.75, 3.05) is 6.54 Å². The molecule has 2 aromatic carbocycles. The summed E-state index contributed by atoms with van der Waals surface area (Å²) in [5, 5.41) is 24.4. The van der Waals surface area contributed by atoms with Gasteiger partial charge in [0.05, 0.1) is 0 Å². The first-order chi connectivity index (χ1) is 10.0. The first kappa shape index (κ1) is 15.2. The molecule has 5 nitrogen and oxygen atoms in total. The quantitative estimate of drug-likeness (QED) is 0.721. The summed E-state index contributed by atoms with van der Waals surface area (Å²) in [5.41, 5.74) is 0.698. The summed E-state index contributed by atoms with van der Waals surface area (Å²) in [6.07, 6.45) is -1.81. The predicted molar refractivity (Wildman–Crippen MR) is 79.0 cm³/mol. The van der Waals surface area contributed by atoms with Gasteiger partial charge in [0.15, 0.2) is 0 Å². The van der Waals surface area contributed by atoms with E-state index in [0.29, 0.717) is 22.8 Å². The summed E-state index contributed by atoms with van der Waals surface area (Å²) < 4.78 is 0. The van der Waals surface area contributed by atoms with E-state index in [9.17, 15) is 19.8 Å². The standard InChI is InChI=1S/C16H17NO4/c1-10(19)17-8-14(20)16(21)15-12(9-18)7-6-11-4-2-3-5-13(11)15/h2-7,9,14,16,20-21H,8H2,1H3,(H,17,19). The zero-order chi connectivity index (χ0) is 15.4. The lowest BCUT2D eigenvalue weighted by molar-refractivity contribution is -0.119. The molecule has 0 aliphatic rings. The minimum absolute atomic E-state index is 0.0853. The van der Waals surface area contributed by atoms with Gasteiger partial charge in [0, 0.05) is 24.6 Å². The maximum Gasteiger partial charge on any atom is 0.216 e. The maximum absolute atomic E-state index is 11.2. The molecule has 0 bridgehead atoms. The van der Waals surface area contributed by atoms with E-state index in [1.54, 1.807) is 24.3 Å².